The van der Waals surface area contributed by atoms with Gasteiger partial charge < -0.3 is 10.2 Å². The molecule has 0 aromatic heterocycles. The highest BCUT2D eigenvalue weighted by molar-refractivity contribution is 7.92. The monoisotopic (exact) mass is 577 g/mol. The molecule has 7 nitrogen and oxygen atoms in total. The molecule has 0 saturated heterocycles. The van der Waals surface area contributed by atoms with Crippen molar-refractivity contribution in [2.45, 2.75) is 77.8 Å². The summed E-state index contributed by atoms with van der Waals surface area (Å²) in [5.74, 6) is -0.664. The molecule has 2 amide bonds. The zero-order chi connectivity index (χ0) is 30.2. The van der Waals surface area contributed by atoms with Crippen LogP contribution in [-0.4, -0.2) is 50.3 Å². The van der Waals surface area contributed by atoms with E-state index in [1.165, 1.54) is 4.31 Å². The second-order valence-corrected chi connectivity index (χ2v) is 12.5. The van der Waals surface area contributed by atoms with Crippen molar-refractivity contribution in [2.75, 3.05) is 17.4 Å². The Morgan fingerprint density at radius 1 is 0.854 bits per heavy atom. The third kappa shape index (κ3) is 8.19. The van der Waals surface area contributed by atoms with Crippen LogP contribution >= 0.6 is 0 Å². The topological polar surface area (TPSA) is 86.8 Å². The van der Waals surface area contributed by atoms with E-state index in [4.69, 9.17) is 0 Å². The number of amides is 2. The van der Waals surface area contributed by atoms with Crippen LogP contribution in [0.4, 0.5) is 5.69 Å². The van der Waals surface area contributed by atoms with Crippen LogP contribution in [0.1, 0.15) is 55.9 Å². The average Bonchev–Trinajstić information content (AvgIpc) is 2.95. The summed E-state index contributed by atoms with van der Waals surface area (Å²) in [7, 11) is -4.09. The maximum atomic E-state index is 14.1. The number of sulfonamides is 1. The van der Waals surface area contributed by atoms with Gasteiger partial charge in [-0.25, -0.2) is 8.42 Å². The molecule has 8 heteroatoms. The number of nitrogens with one attached hydrogen (secondary N) is 1. The predicted octanol–water partition coefficient (Wildman–Crippen LogP) is 5.57. The standard InChI is InChI=1S/C33H43N3O4S/c1-7-27(6)34-33(38)31(8-2)35(21-20-28-12-10-9-11-13-28)32(37)23-36(29-17-16-25(4)26(5)22-29)41(39,40)30-18-14-24(3)15-19-30/h9-19,22,27,31H,7-8,20-21,23H2,1-6H3,(H,34,38)/t27-,31-/m1/s1. The third-order valence-corrected chi connectivity index (χ3v) is 9.33. The second kappa shape index (κ2) is 14.3. The number of anilines is 1. The van der Waals surface area contributed by atoms with Gasteiger partial charge in [0.1, 0.15) is 12.6 Å². The van der Waals surface area contributed by atoms with E-state index in [2.05, 4.69) is 5.32 Å². The molecule has 41 heavy (non-hydrogen) atoms. The lowest BCUT2D eigenvalue weighted by Gasteiger charge is -2.34. The zero-order valence-electron chi connectivity index (χ0n) is 25.1. The first-order chi connectivity index (χ1) is 19.5. The van der Waals surface area contributed by atoms with Crippen LogP contribution in [0.3, 0.4) is 0 Å². The van der Waals surface area contributed by atoms with Crippen molar-refractivity contribution in [1.29, 1.82) is 0 Å². The van der Waals surface area contributed by atoms with E-state index in [-0.39, 0.29) is 23.4 Å². The van der Waals surface area contributed by atoms with Crippen molar-refractivity contribution < 1.29 is 18.0 Å². The van der Waals surface area contributed by atoms with Crippen molar-refractivity contribution in [3.8, 4) is 0 Å². The van der Waals surface area contributed by atoms with Gasteiger partial charge in [0.25, 0.3) is 10.0 Å². The Hall–Kier alpha value is -3.65. The smallest absolute Gasteiger partial charge is 0.264 e. The van der Waals surface area contributed by atoms with Gasteiger partial charge in [0.2, 0.25) is 11.8 Å². The van der Waals surface area contributed by atoms with Crippen LogP contribution in [0.2, 0.25) is 0 Å². The van der Waals surface area contributed by atoms with Gasteiger partial charge in [-0.05, 0) is 87.9 Å². The van der Waals surface area contributed by atoms with Gasteiger partial charge in [0.15, 0.2) is 0 Å². The van der Waals surface area contributed by atoms with E-state index in [0.717, 1.165) is 28.7 Å². The van der Waals surface area contributed by atoms with Gasteiger partial charge in [-0.2, -0.15) is 0 Å². The Morgan fingerprint density at radius 3 is 2.10 bits per heavy atom. The van der Waals surface area contributed by atoms with Crippen LogP contribution in [0.5, 0.6) is 0 Å². The summed E-state index contributed by atoms with van der Waals surface area (Å²) in [5.41, 5.74) is 4.30. The minimum atomic E-state index is -4.09. The van der Waals surface area contributed by atoms with E-state index in [9.17, 15) is 18.0 Å². The highest BCUT2D eigenvalue weighted by atomic mass is 32.2. The Balaban J connectivity index is 2.03. The second-order valence-electron chi connectivity index (χ2n) is 10.7. The molecular formula is C33H43N3O4S. The summed E-state index contributed by atoms with van der Waals surface area (Å²) < 4.78 is 29.2. The summed E-state index contributed by atoms with van der Waals surface area (Å²) in [6.45, 7) is 11.4. The molecule has 3 rings (SSSR count). The molecule has 0 heterocycles. The van der Waals surface area contributed by atoms with Crippen molar-refractivity contribution in [3.05, 3.63) is 95.1 Å². The molecule has 1 N–H and O–H groups in total. The summed E-state index contributed by atoms with van der Waals surface area (Å²) in [6, 6.07) is 20.9. The van der Waals surface area contributed by atoms with Gasteiger partial charge in [-0.1, -0.05) is 67.9 Å². The molecule has 0 aliphatic carbocycles. The van der Waals surface area contributed by atoms with Crippen molar-refractivity contribution in [1.82, 2.24) is 10.2 Å². The number of carbonyl (C=O) groups is 2. The number of hydrogen-bond donors (Lipinski definition) is 1. The first-order valence-corrected chi connectivity index (χ1v) is 15.7. The normalized spacial score (nSPS) is 12.8. The number of carbonyl (C=O) groups excluding carboxylic acids is 2. The summed E-state index contributed by atoms with van der Waals surface area (Å²) in [5, 5.41) is 3.01. The van der Waals surface area contributed by atoms with E-state index >= 15 is 0 Å². The lowest BCUT2D eigenvalue weighted by atomic mass is 10.1. The molecule has 0 aliphatic heterocycles. The molecule has 3 aromatic rings. The van der Waals surface area contributed by atoms with E-state index in [0.29, 0.717) is 18.5 Å². The Morgan fingerprint density at radius 2 is 1.51 bits per heavy atom. The Labute approximate surface area is 245 Å². The number of nitrogens with zero attached hydrogens (tertiary/aromatic N) is 2. The van der Waals surface area contributed by atoms with Crippen LogP contribution < -0.4 is 9.62 Å². The minimum absolute atomic E-state index is 0.0448. The van der Waals surface area contributed by atoms with Crippen LogP contribution in [0.15, 0.2) is 77.7 Å². The Kier molecular flexibility index (Phi) is 11.1. The van der Waals surface area contributed by atoms with Gasteiger partial charge >= 0.3 is 0 Å². The quantitative estimate of drug-likeness (QED) is 0.288. The average molecular weight is 578 g/mol. The molecule has 2 atom stereocenters. The molecule has 3 aromatic carbocycles. The number of rotatable bonds is 13. The fraction of sp³-hybridized carbons (Fsp3) is 0.394. The lowest BCUT2D eigenvalue weighted by Crippen LogP contribution is -2.54. The third-order valence-electron chi connectivity index (χ3n) is 7.54. The molecule has 220 valence electrons. The fourth-order valence-corrected chi connectivity index (χ4v) is 5.99. The molecule has 0 fully saturated rings. The SMILES string of the molecule is CC[C@@H](C)NC(=O)[C@@H](CC)N(CCc1ccccc1)C(=O)CN(c1ccc(C)c(C)c1)S(=O)(=O)c1ccc(C)cc1. The van der Waals surface area contributed by atoms with Crippen LogP contribution in [0, 0.1) is 20.8 Å². The van der Waals surface area contributed by atoms with Crippen LogP contribution in [-0.2, 0) is 26.0 Å². The minimum Gasteiger partial charge on any atom is -0.352 e. The fourth-order valence-electron chi connectivity index (χ4n) is 4.58. The van der Waals surface area contributed by atoms with Crippen molar-refractivity contribution in [3.63, 3.8) is 0 Å². The van der Waals surface area contributed by atoms with E-state index < -0.39 is 28.5 Å². The summed E-state index contributed by atoms with van der Waals surface area (Å²) in [6.07, 6.45) is 1.70. The van der Waals surface area contributed by atoms with E-state index in [1.54, 1.807) is 41.3 Å². The molecule has 0 spiro atoms. The maximum absolute atomic E-state index is 14.1. The number of aryl methyl sites for hydroxylation is 3. The molecule has 0 aliphatic rings. The largest absolute Gasteiger partial charge is 0.352 e. The summed E-state index contributed by atoms with van der Waals surface area (Å²) in [4.78, 5) is 29.1. The molecule has 0 radical (unpaired) electrons. The summed E-state index contributed by atoms with van der Waals surface area (Å²) >= 11 is 0. The first-order valence-electron chi connectivity index (χ1n) is 14.3. The van der Waals surface area contributed by atoms with Crippen molar-refractivity contribution in [2.24, 2.45) is 0 Å². The zero-order valence-corrected chi connectivity index (χ0v) is 25.9. The molecule has 0 saturated carbocycles. The first kappa shape index (κ1) is 31.9. The number of benzene rings is 3. The highest BCUT2D eigenvalue weighted by Gasteiger charge is 2.33. The van der Waals surface area contributed by atoms with Crippen LogP contribution in [0.25, 0.3) is 0 Å². The Bertz CT molecular complexity index is 1420. The highest BCUT2D eigenvalue weighted by Crippen LogP contribution is 2.27. The molecule has 0 bridgehead atoms. The van der Waals surface area contributed by atoms with Gasteiger partial charge in [0, 0.05) is 12.6 Å². The predicted molar refractivity (Wildman–Crippen MR) is 165 cm³/mol. The van der Waals surface area contributed by atoms with Crippen molar-refractivity contribution >= 4 is 27.5 Å². The number of hydrogen-bond acceptors (Lipinski definition) is 4. The molecule has 0 unspecified atom stereocenters. The van der Waals surface area contributed by atoms with Gasteiger partial charge in [-0.15, -0.1) is 0 Å². The van der Waals surface area contributed by atoms with Gasteiger partial charge in [-0.3, -0.25) is 13.9 Å². The van der Waals surface area contributed by atoms with Gasteiger partial charge in [0.05, 0.1) is 10.6 Å². The maximum Gasteiger partial charge on any atom is 0.264 e. The molecular weight excluding hydrogens is 534 g/mol. The lowest BCUT2D eigenvalue weighted by molar-refractivity contribution is -0.139. The van der Waals surface area contributed by atoms with E-state index in [1.807, 2.05) is 77.9 Å².